The lowest BCUT2D eigenvalue weighted by Gasteiger charge is -2.28. The summed E-state index contributed by atoms with van der Waals surface area (Å²) in [5.41, 5.74) is 4.58. The number of ether oxygens (including phenoxy) is 1. The van der Waals surface area contributed by atoms with Gasteiger partial charge < -0.3 is 20.3 Å². The van der Waals surface area contributed by atoms with Crippen molar-refractivity contribution in [2.75, 3.05) is 48.7 Å². The highest BCUT2D eigenvalue weighted by Crippen LogP contribution is 2.38. The molecule has 2 N–H and O–H groups in total. The number of nitrogens with one attached hydrogen (secondary N) is 2. The van der Waals surface area contributed by atoms with Gasteiger partial charge in [-0.05, 0) is 76.8 Å². The molecular weight excluding hydrogens is 540 g/mol. The van der Waals surface area contributed by atoms with Crippen LogP contribution in [0.2, 0.25) is 0 Å². The molecule has 0 aromatic heterocycles. The summed E-state index contributed by atoms with van der Waals surface area (Å²) < 4.78 is 32.8. The first kappa shape index (κ1) is 29.8. The van der Waals surface area contributed by atoms with E-state index in [-0.39, 0.29) is 12.5 Å². The third kappa shape index (κ3) is 6.61. The highest BCUT2D eigenvalue weighted by Gasteiger charge is 2.30. The Bertz CT molecular complexity index is 1550. The van der Waals surface area contributed by atoms with Gasteiger partial charge in [-0.2, -0.15) is 0 Å². The minimum Gasteiger partial charge on any atom is -0.462 e. The molecule has 41 heavy (non-hydrogen) atoms. The second kappa shape index (κ2) is 12.6. The Hall–Kier alpha value is -4.15. The number of rotatable bonds is 11. The van der Waals surface area contributed by atoms with Crippen molar-refractivity contribution in [3.05, 3.63) is 89.5 Å². The third-order valence-electron chi connectivity index (χ3n) is 6.67. The van der Waals surface area contributed by atoms with E-state index in [1.807, 2.05) is 49.3 Å². The predicted molar refractivity (Wildman–Crippen MR) is 164 cm³/mol. The molecule has 216 valence electrons. The molecule has 4 rings (SSSR count). The van der Waals surface area contributed by atoms with E-state index in [4.69, 9.17) is 4.74 Å². The van der Waals surface area contributed by atoms with Gasteiger partial charge in [-0.3, -0.25) is 9.10 Å². The Morgan fingerprint density at radius 1 is 0.951 bits per heavy atom. The molecule has 0 saturated heterocycles. The van der Waals surface area contributed by atoms with E-state index in [0.717, 1.165) is 5.56 Å². The summed E-state index contributed by atoms with van der Waals surface area (Å²) >= 11 is 0. The van der Waals surface area contributed by atoms with Crippen LogP contribution in [-0.4, -0.2) is 64.2 Å². The predicted octanol–water partition coefficient (Wildman–Crippen LogP) is 4.90. The van der Waals surface area contributed by atoms with Gasteiger partial charge >= 0.3 is 5.97 Å². The number of anilines is 3. The lowest BCUT2D eigenvalue weighted by atomic mass is 9.99. The van der Waals surface area contributed by atoms with E-state index >= 15 is 0 Å². The second-order valence-electron chi connectivity index (χ2n) is 10.2. The minimum atomic E-state index is -3.54. The molecule has 1 aliphatic heterocycles. The van der Waals surface area contributed by atoms with Crippen LogP contribution >= 0.6 is 0 Å². The van der Waals surface area contributed by atoms with Gasteiger partial charge in [0.1, 0.15) is 0 Å². The molecule has 3 aromatic rings. The van der Waals surface area contributed by atoms with Crippen molar-refractivity contribution >= 4 is 50.2 Å². The molecule has 0 saturated carbocycles. The molecule has 3 aromatic carbocycles. The largest absolute Gasteiger partial charge is 0.462 e. The maximum Gasteiger partial charge on any atom is 0.338 e. The fourth-order valence-electron chi connectivity index (χ4n) is 4.45. The maximum atomic E-state index is 13.3. The van der Waals surface area contributed by atoms with Gasteiger partial charge in [0.15, 0.2) is 0 Å². The Morgan fingerprint density at radius 2 is 1.63 bits per heavy atom. The van der Waals surface area contributed by atoms with E-state index in [1.54, 1.807) is 63.2 Å². The molecule has 1 aliphatic rings. The zero-order chi connectivity index (χ0) is 29.7. The standard InChI is InChI=1S/C31H36N4O5S/c1-6-40-31(37)23-12-17-26-27(20-23)33-30(36)28(26)29(22-10-8-7-9-11-22)32-24-13-15-25(16-14-24)35(19-18-34(4)5)41(38,39)21(2)3/h7-17,20-21,32H,6,18-19H2,1-5H3,(H,33,36)/b29-28+. The SMILES string of the molecule is CCOC(=O)c1ccc2c(c1)NC(=O)/C2=C(/Nc1ccc(N(CCN(C)C)S(=O)(=O)C(C)C)cc1)c1ccccc1. The Morgan fingerprint density at radius 3 is 2.24 bits per heavy atom. The number of amides is 1. The summed E-state index contributed by atoms with van der Waals surface area (Å²) in [4.78, 5) is 27.5. The van der Waals surface area contributed by atoms with Crippen molar-refractivity contribution in [1.29, 1.82) is 0 Å². The lowest BCUT2D eigenvalue weighted by molar-refractivity contribution is -0.110. The number of sulfonamides is 1. The van der Waals surface area contributed by atoms with Crippen molar-refractivity contribution in [2.24, 2.45) is 0 Å². The summed E-state index contributed by atoms with van der Waals surface area (Å²) in [5.74, 6) is -0.760. The molecule has 0 radical (unpaired) electrons. The van der Waals surface area contributed by atoms with Gasteiger partial charge in [0, 0.05) is 24.3 Å². The van der Waals surface area contributed by atoms with Gasteiger partial charge in [-0.25, -0.2) is 13.2 Å². The fourth-order valence-corrected chi connectivity index (χ4v) is 5.71. The summed E-state index contributed by atoms with van der Waals surface area (Å²) in [7, 11) is 0.264. The highest BCUT2D eigenvalue weighted by molar-refractivity contribution is 7.93. The number of hydrogen-bond donors (Lipinski definition) is 2. The summed E-state index contributed by atoms with van der Waals surface area (Å²) in [6.45, 7) is 6.24. The van der Waals surface area contributed by atoms with Crippen LogP contribution in [0.1, 0.15) is 42.3 Å². The first-order valence-corrected chi connectivity index (χ1v) is 15.0. The van der Waals surface area contributed by atoms with E-state index < -0.39 is 21.2 Å². The number of benzene rings is 3. The van der Waals surface area contributed by atoms with Gasteiger partial charge in [-0.1, -0.05) is 36.4 Å². The minimum absolute atomic E-state index is 0.255. The van der Waals surface area contributed by atoms with Crippen LogP contribution in [0.25, 0.3) is 11.3 Å². The van der Waals surface area contributed by atoms with Crippen LogP contribution in [0.3, 0.4) is 0 Å². The average Bonchev–Trinajstić information content (AvgIpc) is 3.27. The first-order chi connectivity index (χ1) is 19.5. The number of carbonyl (C=O) groups excluding carboxylic acids is 2. The molecule has 0 bridgehead atoms. The van der Waals surface area contributed by atoms with E-state index in [0.29, 0.717) is 52.5 Å². The zero-order valence-corrected chi connectivity index (χ0v) is 24.8. The smallest absolute Gasteiger partial charge is 0.338 e. The van der Waals surface area contributed by atoms with Gasteiger partial charge in [0.2, 0.25) is 10.0 Å². The van der Waals surface area contributed by atoms with E-state index in [1.165, 1.54) is 4.31 Å². The Balaban J connectivity index is 1.73. The van der Waals surface area contributed by atoms with Crippen molar-refractivity contribution in [1.82, 2.24) is 4.90 Å². The van der Waals surface area contributed by atoms with Crippen molar-refractivity contribution in [3.63, 3.8) is 0 Å². The summed E-state index contributed by atoms with van der Waals surface area (Å²) in [6, 6.07) is 21.6. The van der Waals surface area contributed by atoms with Crippen molar-refractivity contribution in [2.45, 2.75) is 26.0 Å². The number of fused-ring (bicyclic) bond motifs is 1. The Kier molecular flexibility index (Phi) is 9.14. The van der Waals surface area contributed by atoms with Gasteiger partial charge in [-0.15, -0.1) is 0 Å². The normalized spacial score (nSPS) is 14.1. The van der Waals surface area contributed by atoms with Crippen LogP contribution in [-0.2, 0) is 19.6 Å². The number of nitrogens with zero attached hydrogens (tertiary/aromatic N) is 2. The summed E-state index contributed by atoms with van der Waals surface area (Å²) in [5, 5.41) is 5.70. The van der Waals surface area contributed by atoms with Crippen LogP contribution in [0.4, 0.5) is 17.1 Å². The van der Waals surface area contributed by atoms with Gasteiger partial charge in [0.05, 0.1) is 40.1 Å². The molecule has 10 heteroatoms. The molecular formula is C31H36N4O5S. The van der Waals surface area contributed by atoms with Crippen LogP contribution in [0, 0.1) is 0 Å². The molecule has 1 amide bonds. The van der Waals surface area contributed by atoms with Crippen LogP contribution in [0.5, 0.6) is 0 Å². The average molecular weight is 577 g/mol. The molecule has 0 atom stereocenters. The highest BCUT2D eigenvalue weighted by atomic mass is 32.2. The molecule has 0 fully saturated rings. The number of likely N-dealkylation sites (N-methyl/N-ethyl adjacent to an activating group) is 1. The first-order valence-electron chi connectivity index (χ1n) is 13.5. The third-order valence-corrected chi connectivity index (χ3v) is 8.86. The fraction of sp³-hybridized carbons (Fsp3) is 0.290. The number of hydrogen-bond acceptors (Lipinski definition) is 7. The maximum absolute atomic E-state index is 13.3. The molecule has 9 nitrogen and oxygen atoms in total. The van der Waals surface area contributed by atoms with Crippen molar-refractivity contribution < 1.29 is 22.7 Å². The van der Waals surface area contributed by atoms with E-state index in [2.05, 4.69) is 10.6 Å². The van der Waals surface area contributed by atoms with Crippen LogP contribution < -0.4 is 14.9 Å². The van der Waals surface area contributed by atoms with E-state index in [9.17, 15) is 18.0 Å². The van der Waals surface area contributed by atoms with Crippen molar-refractivity contribution in [3.8, 4) is 0 Å². The zero-order valence-electron chi connectivity index (χ0n) is 24.0. The molecule has 0 unspecified atom stereocenters. The quantitative estimate of drug-likeness (QED) is 0.247. The number of esters is 1. The molecule has 0 spiro atoms. The Labute approximate surface area is 241 Å². The topological polar surface area (TPSA) is 108 Å². The van der Waals surface area contributed by atoms with Crippen LogP contribution in [0.15, 0.2) is 72.8 Å². The van der Waals surface area contributed by atoms with Gasteiger partial charge in [0.25, 0.3) is 5.91 Å². The molecule has 0 aliphatic carbocycles. The molecule has 1 heterocycles. The lowest BCUT2D eigenvalue weighted by Crippen LogP contribution is -2.40. The summed E-state index contributed by atoms with van der Waals surface area (Å²) in [6.07, 6.45) is 0. The second-order valence-corrected chi connectivity index (χ2v) is 12.6. The monoisotopic (exact) mass is 576 g/mol. The number of carbonyl (C=O) groups is 2.